The van der Waals surface area contributed by atoms with Gasteiger partial charge in [0.25, 0.3) is 5.91 Å². The summed E-state index contributed by atoms with van der Waals surface area (Å²) in [4.78, 5) is 14.6. The second kappa shape index (κ2) is 7.31. The highest BCUT2D eigenvalue weighted by Crippen LogP contribution is 2.27. The summed E-state index contributed by atoms with van der Waals surface area (Å²) in [5.74, 6) is 0.395. The van der Waals surface area contributed by atoms with Crippen LogP contribution < -0.4 is 10.5 Å². The molecule has 0 aromatic heterocycles. The number of anilines is 1. The molecule has 1 aliphatic rings. The fourth-order valence-corrected chi connectivity index (χ4v) is 2.99. The molecule has 1 amide bonds. The Morgan fingerprint density at radius 2 is 2.10 bits per heavy atom. The first kappa shape index (κ1) is 15.6. The number of hydrogen-bond donors (Lipinski definition) is 2. The average Bonchev–Trinajstić information content (AvgIpc) is 2.52. The summed E-state index contributed by atoms with van der Waals surface area (Å²) >= 11 is 0. The van der Waals surface area contributed by atoms with Gasteiger partial charge in [-0.1, -0.05) is 19.3 Å². The van der Waals surface area contributed by atoms with Crippen molar-refractivity contribution in [2.24, 2.45) is 0 Å². The van der Waals surface area contributed by atoms with Crippen LogP contribution in [0.15, 0.2) is 18.2 Å². The molecule has 1 aliphatic carbocycles. The predicted octanol–water partition coefficient (Wildman–Crippen LogP) is 2.04. The Bertz CT molecular complexity index is 484. The number of benzene rings is 1. The third-order valence-corrected chi connectivity index (χ3v) is 4.07. The minimum absolute atomic E-state index is 0.0282. The molecule has 3 N–H and O–H groups in total. The van der Waals surface area contributed by atoms with Gasteiger partial charge in [-0.15, -0.1) is 0 Å². The van der Waals surface area contributed by atoms with Crippen molar-refractivity contribution >= 4 is 11.6 Å². The zero-order chi connectivity index (χ0) is 15.2. The number of ether oxygens (including phenoxy) is 1. The van der Waals surface area contributed by atoms with Gasteiger partial charge in [-0.05, 0) is 25.0 Å². The van der Waals surface area contributed by atoms with E-state index in [4.69, 9.17) is 10.5 Å². The molecule has 0 atom stereocenters. The molecule has 0 unspecified atom stereocenters. The number of methoxy groups -OCH3 is 1. The van der Waals surface area contributed by atoms with Crippen molar-refractivity contribution in [3.05, 3.63) is 23.8 Å². The van der Waals surface area contributed by atoms with Gasteiger partial charge in [-0.25, -0.2) is 0 Å². The fraction of sp³-hybridized carbons (Fsp3) is 0.562. The van der Waals surface area contributed by atoms with E-state index >= 15 is 0 Å². The number of aliphatic hydroxyl groups is 1. The normalized spacial score (nSPS) is 15.7. The van der Waals surface area contributed by atoms with Crippen LogP contribution >= 0.6 is 0 Å². The van der Waals surface area contributed by atoms with Gasteiger partial charge in [0.1, 0.15) is 5.75 Å². The first-order valence-corrected chi connectivity index (χ1v) is 7.52. The highest BCUT2D eigenvalue weighted by molar-refractivity contribution is 5.97. The van der Waals surface area contributed by atoms with Crippen LogP contribution in [-0.2, 0) is 0 Å². The molecule has 1 aromatic carbocycles. The molecule has 116 valence electrons. The lowest BCUT2D eigenvalue weighted by molar-refractivity contribution is 0.0582. The van der Waals surface area contributed by atoms with Gasteiger partial charge in [0.2, 0.25) is 0 Å². The van der Waals surface area contributed by atoms with E-state index in [1.165, 1.54) is 13.5 Å². The number of aliphatic hydroxyl groups excluding tert-OH is 1. The van der Waals surface area contributed by atoms with Crippen LogP contribution in [-0.4, -0.2) is 42.2 Å². The van der Waals surface area contributed by atoms with Crippen LogP contribution in [0, 0.1) is 0 Å². The molecule has 1 fully saturated rings. The maximum Gasteiger partial charge on any atom is 0.257 e. The molecule has 0 aliphatic heterocycles. The molecule has 5 heteroatoms. The molecular weight excluding hydrogens is 268 g/mol. The first-order valence-electron chi connectivity index (χ1n) is 7.52. The molecule has 0 spiro atoms. The van der Waals surface area contributed by atoms with Crippen molar-refractivity contribution in [3.63, 3.8) is 0 Å². The number of rotatable bonds is 5. The second-order valence-electron chi connectivity index (χ2n) is 5.47. The van der Waals surface area contributed by atoms with Gasteiger partial charge in [0, 0.05) is 24.3 Å². The summed E-state index contributed by atoms with van der Waals surface area (Å²) in [5.41, 5.74) is 6.81. The Kier molecular flexibility index (Phi) is 5.44. The summed E-state index contributed by atoms with van der Waals surface area (Å²) in [6.45, 7) is 0.330. The standard InChI is InChI=1S/C16H24N2O3/c1-21-15-11-12(17)7-8-14(15)16(20)18(9-10-19)13-5-3-2-4-6-13/h7-8,11,13,19H,2-6,9-10,17H2,1H3. The van der Waals surface area contributed by atoms with Crippen molar-refractivity contribution in [2.75, 3.05) is 26.0 Å². The van der Waals surface area contributed by atoms with E-state index < -0.39 is 0 Å². The van der Waals surface area contributed by atoms with Gasteiger partial charge in [0.05, 0.1) is 19.3 Å². The van der Waals surface area contributed by atoms with E-state index in [-0.39, 0.29) is 18.6 Å². The Balaban J connectivity index is 2.25. The lowest BCUT2D eigenvalue weighted by Gasteiger charge is -2.34. The van der Waals surface area contributed by atoms with Crippen molar-refractivity contribution in [3.8, 4) is 5.75 Å². The van der Waals surface area contributed by atoms with Crippen molar-refractivity contribution in [1.29, 1.82) is 0 Å². The van der Waals surface area contributed by atoms with Gasteiger partial charge in [0.15, 0.2) is 0 Å². The number of nitrogens with zero attached hydrogens (tertiary/aromatic N) is 1. The zero-order valence-corrected chi connectivity index (χ0v) is 12.5. The summed E-state index contributed by atoms with van der Waals surface area (Å²) < 4.78 is 5.27. The molecule has 5 nitrogen and oxygen atoms in total. The van der Waals surface area contributed by atoms with Crippen LogP contribution in [0.1, 0.15) is 42.5 Å². The quantitative estimate of drug-likeness (QED) is 0.814. The molecular formula is C16H24N2O3. The molecule has 21 heavy (non-hydrogen) atoms. The minimum atomic E-state index is -0.0900. The van der Waals surface area contributed by atoms with Crippen LogP contribution in [0.4, 0.5) is 5.69 Å². The van der Waals surface area contributed by atoms with Crippen LogP contribution in [0.5, 0.6) is 5.75 Å². The molecule has 1 aromatic rings. The Morgan fingerprint density at radius 3 is 2.71 bits per heavy atom. The largest absolute Gasteiger partial charge is 0.496 e. The van der Waals surface area contributed by atoms with Crippen molar-refractivity contribution < 1.29 is 14.6 Å². The minimum Gasteiger partial charge on any atom is -0.496 e. The summed E-state index contributed by atoms with van der Waals surface area (Å²) in [6, 6.07) is 5.27. The number of nitrogen functional groups attached to an aromatic ring is 1. The maximum absolute atomic E-state index is 12.8. The Labute approximate surface area is 125 Å². The highest BCUT2D eigenvalue weighted by atomic mass is 16.5. The number of carbonyl (C=O) groups excluding carboxylic acids is 1. The molecule has 0 radical (unpaired) electrons. The zero-order valence-electron chi connectivity index (χ0n) is 12.5. The van der Waals surface area contributed by atoms with Crippen molar-refractivity contribution in [1.82, 2.24) is 4.90 Å². The number of nitrogens with two attached hydrogens (primary N) is 1. The van der Waals surface area contributed by atoms with E-state index in [9.17, 15) is 9.90 Å². The number of amides is 1. The highest BCUT2D eigenvalue weighted by Gasteiger charge is 2.27. The van der Waals surface area contributed by atoms with Gasteiger partial charge < -0.3 is 20.5 Å². The topological polar surface area (TPSA) is 75.8 Å². The average molecular weight is 292 g/mol. The Hall–Kier alpha value is -1.75. The van der Waals surface area contributed by atoms with Gasteiger partial charge in [-0.3, -0.25) is 4.79 Å². The van der Waals surface area contributed by atoms with Crippen molar-refractivity contribution in [2.45, 2.75) is 38.1 Å². The van der Waals surface area contributed by atoms with E-state index in [2.05, 4.69) is 0 Å². The lowest BCUT2D eigenvalue weighted by Crippen LogP contribution is -2.43. The molecule has 0 heterocycles. The van der Waals surface area contributed by atoms with Crippen LogP contribution in [0.2, 0.25) is 0 Å². The van der Waals surface area contributed by atoms with Crippen LogP contribution in [0.3, 0.4) is 0 Å². The lowest BCUT2D eigenvalue weighted by atomic mass is 9.93. The van der Waals surface area contributed by atoms with Crippen LogP contribution in [0.25, 0.3) is 0 Å². The van der Waals surface area contributed by atoms with E-state index in [0.29, 0.717) is 23.5 Å². The van der Waals surface area contributed by atoms with E-state index in [1.807, 2.05) is 0 Å². The molecule has 2 rings (SSSR count). The number of carbonyl (C=O) groups is 1. The number of hydrogen-bond acceptors (Lipinski definition) is 4. The Morgan fingerprint density at radius 1 is 1.38 bits per heavy atom. The second-order valence-corrected chi connectivity index (χ2v) is 5.47. The predicted molar refractivity (Wildman–Crippen MR) is 82.4 cm³/mol. The summed E-state index contributed by atoms with van der Waals surface area (Å²) in [6.07, 6.45) is 5.51. The third-order valence-electron chi connectivity index (χ3n) is 4.07. The summed E-state index contributed by atoms with van der Waals surface area (Å²) in [5, 5.41) is 9.29. The molecule has 0 saturated heterocycles. The first-order chi connectivity index (χ1) is 10.2. The van der Waals surface area contributed by atoms with Gasteiger partial charge >= 0.3 is 0 Å². The van der Waals surface area contributed by atoms with Gasteiger partial charge in [-0.2, -0.15) is 0 Å². The third kappa shape index (κ3) is 3.67. The molecule has 0 bridgehead atoms. The van der Waals surface area contributed by atoms with E-state index in [0.717, 1.165) is 25.7 Å². The summed E-state index contributed by atoms with van der Waals surface area (Å²) in [7, 11) is 1.53. The fourth-order valence-electron chi connectivity index (χ4n) is 2.99. The maximum atomic E-state index is 12.8. The SMILES string of the molecule is COc1cc(N)ccc1C(=O)N(CCO)C1CCCCC1. The monoisotopic (exact) mass is 292 g/mol. The van der Waals surface area contributed by atoms with E-state index in [1.54, 1.807) is 23.1 Å². The molecule has 1 saturated carbocycles. The smallest absolute Gasteiger partial charge is 0.257 e.